The van der Waals surface area contributed by atoms with Gasteiger partial charge in [-0.15, -0.1) is 0 Å². The zero-order valence-electron chi connectivity index (χ0n) is 8.31. The Morgan fingerprint density at radius 1 is 1.56 bits per heavy atom. The summed E-state index contributed by atoms with van der Waals surface area (Å²) >= 11 is 0. The van der Waals surface area contributed by atoms with Crippen molar-refractivity contribution in [3.8, 4) is 5.75 Å². The molecule has 0 aliphatic rings. The van der Waals surface area contributed by atoms with Gasteiger partial charge in [0.25, 0.3) is 11.6 Å². The molecular weight excluding hydrogens is 224 g/mol. The van der Waals surface area contributed by atoms with Crippen LogP contribution in [0, 0.1) is 10.1 Å². The van der Waals surface area contributed by atoms with Crippen molar-refractivity contribution >= 4 is 5.69 Å². The molecule has 0 fully saturated rings. The van der Waals surface area contributed by atoms with E-state index in [9.17, 15) is 18.9 Å². The Hall–Kier alpha value is -1.76. The topological polar surface area (TPSA) is 72.6 Å². The minimum Gasteiger partial charge on any atom is -0.496 e. The van der Waals surface area contributed by atoms with Crippen LogP contribution in [0.3, 0.4) is 0 Å². The lowest BCUT2D eigenvalue weighted by Crippen LogP contribution is -2.19. The fraction of sp³-hybridized carbons (Fsp3) is 0.333. The number of rotatable bonds is 4. The van der Waals surface area contributed by atoms with Crippen LogP contribution >= 0.6 is 0 Å². The van der Waals surface area contributed by atoms with Crippen LogP contribution in [-0.4, -0.2) is 23.7 Å². The van der Waals surface area contributed by atoms with Gasteiger partial charge < -0.3 is 9.84 Å². The highest BCUT2D eigenvalue weighted by Gasteiger charge is 2.35. The predicted octanol–water partition coefficient (Wildman–Crippen LogP) is 1.69. The fourth-order valence-corrected chi connectivity index (χ4v) is 1.18. The van der Waals surface area contributed by atoms with E-state index in [0.717, 1.165) is 19.2 Å². The van der Waals surface area contributed by atoms with E-state index in [1.54, 1.807) is 0 Å². The first-order valence-electron chi connectivity index (χ1n) is 4.24. The molecule has 0 atom stereocenters. The van der Waals surface area contributed by atoms with Crippen LogP contribution in [0.1, 0.15) is 5.56 Å². The smallest absolute Gasteiger partial charge is 0.299 e. The Labute approximate surface area is 89.4 Å². The summed E-state index contributed by atoms with van der Waals surface area (Å²) in [4.78, 5) is 9.63. The Morgan fingerprint density at radius 3 is 2.62 bits per heavy atom. The number of hydrogen-bond acceptors (Lipinski definition) is 4. The van der Waals surface area contributed by atoms with Gasteiger partial charge in [0.15, 0.2) is 0 Å². The first-order chi connectivity index (χ1) is 7.42. The molecule has 88 valence electrons. The number of alkyl halides is 2. The molecule has 0 heterocycles. The van der Waals surface area contributed by atoms with Gasteiger partial charge in [-0.1, -0.05) is 0 Å². The van der Waals surface area contributed by atoms with Crippen molar-refractivity contribution in [2.24, 2.45) is 0 Å². The SMILES string of the molecule is COc1ccc([N+](=O)[O-])cc1C(F)(F)CO. The van der Waals surface area contributed by atoms with Crippen LogP contribution < -0.4 is 4.74 Å². The molecule has 7 heteroatoms. The second-order valence-electron chi connectivity index (χ2n) is 3.00. The molecule has 0 aromatic heterocycles. The van der Waals surface area contributed by atoms with E-state index < -0.39 is 28.7 Å². The molecule has 16 heavy (non-hydrogen) atoms. The lowest BCUT2D eigenvalue weighted by Gasteiger charge is -2.16. The highest BCUT2D eigenvalue weighted by molar-refractivity contribution is 5.46. The first kappa shape index (κ1) is 12.3. The second-order valence-corrected chi connectivity index (χ2v) is 3.00. The van der Waals surface area contributed by atoms with Gasteiger partial charge in [-0.25, -0.2) is 0 Å². The molecule has 1 aromatic carbocycles. The van der Waals surface area contributed by atoms with E-state index in [4.69, 9.17) is 5.11 Å². The summed E-state index contributed by atoms with van der Waals surface area (Å²) in [6, 6.07) is 2.81. The summed E-state index contributed by atoms with van der Waals surface area (Å²) < 4.78 is 31.1. The number of halogens is 2. The molecule has 0 saturated carbocycles. The largest absolute Gasteiger partial charge is 0.496 e. The van der Waals surface area contributed by atoms with E-state index in [-0.39, 0.29) is 5.75 Å². The molecule has 5 nitrogen and oxygen atoms in total. The minimum atomic E-state index is -3.57. The Morgan fingerprint density at radius 2 is 2.19 bits per heavy atom. The molecule has 0 bridgehead atoms. The Kier molecular flexibility index (Phi) is 3.38. The fourth-order valence-electron chi connectivity index (χ4n) is 1.18. The van der Waals surface area contributed by atoms with E-state index in [1.807, 2.05) is 0 Å². The average Bonchev–Trinajstić information content (AvgIpc) is 2.28. The van der Waals surface area contributed by atoms with Gasteiger partial charge in [-0.3, -0.25) is 10.1 Å². The maximum Gasteiger partial charge on any atom is 0.299 e. The molecule has 0 spiro atoms. The zero-order chi connectivity index (χ0) is 12.3. The highest BCUT2D eigenvalue weighted by atomic mass is 19.3. The van der Waals surface area contributed by atoms with E-state index >= 15 is 0 Å². The third-order valence-electron chi connectivity index (χ3n) is 1.99. The lowest BCUT2D eigenvalue weighted by molar-refractivity contribution is -0.385. The van der Waals surface area contributed by atoms with Crippen LogP contribution in [0.4, 0.5) is 14.5 Å². The number of non-ortho nitro benzene ring substituents is 1. The lowest BCUT2D eigenvalue weighted by atomic mass is 10.1. The molecule has 0 saturated heterocycles. The van der Waals surface area contributed by atoms with Gasteiger partial charge in [0, 0.05) is 12.1 Å². The Balaban J connectivity index is 3.33. The van der Waals surface area contributed by atoms with Crippen molar-refractivity contribution in [1.29, 1.82) is 0 Å². The number of nitro benzene ring substituents is 1. The summed E-state index contributed by atoms with van der Waals surface area (Å²) in [7, 11) is 1.16. The number of aliphatic hydroxyl groups excluding tert-OH is 1. The normalized spacial score (nSPS) is 11.2. The molecule has 1 N–H and O–H groups in total. The van der Waals surface area contributed by atoms with Gasteiger partial charge in [0.05, 0.1) is 17.6 Å². The van der Waals surface area contributed by atoms with Crippen molar-refractivity contribution in [3.63, 3.8) is 0 Å². The van der Waals surface area contributed by atoms with Crippen LogP contribution in [-0.2, 0) is 5.92 Å². The third-order valence-corrected chi connectivity index (χ3v) is 1.99. The zero-order valence-corrected chi connectivity index (χ0v) is 8.31. The molecule has 1 aromatic rings. The van der Waals surface area contributed by atoms with Gasteiger partial charge in [0.2, 0.25) is 0 Å². The quantitative estimate of drug-likeness (QED) is 0.634. The monoisotopic (exact) mass is 233 g/mol. The Bertz CT molecular complexity index is 408. The molecule has 0 aliphatic heterocycles. The van der Waals surface area contributed by atoms with Gasteiger partial charge in [-0.2, -0.15) is 8.78 Å². The van der Waals surface area contributed by atoms with Crippen LogP contribution in [0.5, 0.6) is 5.75 Å². The first-order valence-corrected chi connectivity index (χ1v) is 4.24. The minimum absolute atomic E-state index is 0.204. The van der Waals surface area contributed by atoms with Crippen LogP contribution in [0.2, 0.25) is 0 Å². The van der Waals surface area contributed by atoms with Crippen LogP contribution in [0.25, 0.3) is 0 Å². The molecule has 0 aliphatic carbocycles. The summed E-state index contributed by atoms with van der Waals surface area (Å²) in [5, 5.41) is 18.9. The van der Waals surface area contributed by atoms with E-state index in [1.165, 1.54) is 0 Å². The number of ether oxygens (including phenoxy) is 1. The highest BCUT2D eigenvalue weighted by Crippen LogP contribution is 2.36. The number of benzene rings is 1. The molecular formula is C9H9F2NO4. The third kappa shape index (κ3) is 2.25. The van der Waals surface area contributed by atoms with Crippen LogP contribution in [0.15, 0.2) is 18.2 Å². The standard InChI is InChI=1S/C9H9F2NO4/c1-16-8-3-2-6(12(14)15)4-7(8)9(10,11)5-13/h2-4,13H,5H2,1H3. The van der Waals surface area contributed by atoms with Crippen molar-refractivity contribution in [2.45, 2.75) is 5.92 Å². The van der Waals surface area contributed by atoms with E-state index in [2.05, 4.69) is 4.74 Å². The number of nitrogens with zero attached hydrogens (tertiary/aromatic N) is 1. The summed E-state index contributed by atoms with van der Waals surface area (Å²) in [5.74, 6) is -3.78. The van der Waals surface area contributed by atoms with Crippen molar-refractivity contribution in [1.82, 2.24) is 0 Å². The van der Waals surface area contributed by atoms with Crippen molar-refractivity contribution < 1.29 is 23.5 Å². The number of nitro groups is 1. The molecule has 1 rings (SSSR count). The number of aliphatic hydroxyl groups is 1. The maximum atomic E-state index is 13.2. The van der Waals surface area contributed by atoms with Gasteiger partial charge in [0.1, 0.15) is 12.4 Å². The number of methoxy groups -OCH3 is 1. The van der Waals surface area contributed by atoms with Gasteiger partial charge >= 0.3 is 0 Å². The summed E-state index contributed by atoms with van der Waals surface area (Å²) in [5.41, 5.74) is -1.18. The van der Waals surface area contributed by atoms with E-state index in [0.29, 0.717) is 6.07 Å². The average molecular weight is 233 g/mol. The van der Waals surface area contributed by atoms with Crippen molar-refractivity contribution in [2.75, 3.05) is 13.7 Å². The molecule has 0 radical (unpaired) electrons. The predicted molar refractivity (Wildman–Crippen MR) is 50.6 cm³/mol. The summed E-state index contributed by atoms with van der Waals surface area (Å²) in [6.07, 6.45) is 0. The number of hydrogen-bond donors (Lipinski definition) is 1. The van der Waals surface area contributed by atoms with Gasteiger partial charge in [-0.05, 0) is 6.07 Å². The second kappa shape index (κ2) is 4.40. The summed E-state index contributed by atoms with van der Waals surface area (Å²) in [6.45, 7) is -1.44. The maximum absolute atomic E-state index is 13.2. The molecule has 0 unspecified atom stereocenters. The molecule has 0 amide bonds. The van der Waals surface area contributed by atoms with Crippen molar-refractivity contribution in [3.05, 3.63) is 33.9 Å².